The Morgan fingerprint density at radius 3 is 1.68 bits per heavy atom. The molecule has 0 aromatic heterocycles. The molecule has 0 aromatic rings. The fraction of sp³-hybridized carbons (Fsp3) is 0.763. The van der Waals surface area contributed by atoms with Crippen molar-refractivity contribution in [2.45, 2.75) is 167 Å². The van der Waals surface area contributed by atoms with Crippen LogP contribution in [0.3, 0.4) is 0 Å². The summed E-state index contributed by atoms with van der Waals surface area (Å²) in [6, 6.07) is -1.52. The fourth-order valence-corrected chi connectivity index (χ4v) is 5.68. The van der Waals surface area contributed by atoms with Crippen molar-refractivity contribution >= 4 is 25.7 Å². The molecular weight excluding hydrogens is 661 g/mol. The van der Waals surface area contributed by atoms with Crippen molar-refractivity contribution < 1.29 is 47.5 Å². The molecule has 0 rings (SSSR count). The van der Waals surface area contributed by atoms with Gasteiger partial charge in [0.2, 0.25) is 0 Å². The predicted molar refractivity (Wildman–Crippen MR) is 199 cm³/mol. The Hall–Kier alpha value is -2.30. The second-order valence-corrected chi connectivity index (χ2v) is 14.1. The van der Waals surface area contributed by atoms with E-state index in [4.69, 9.17) is 24.8 Å². The van der Waals surface area contributed by atoms with Gasteiger partial charge in [0.25, 0.3) is 0 Å². The molecule has 4 N–H and O–H groups in total. The minimum atomic E-state index is -4.71. The first-order valence-corrected chi connectivity index (χ1v) is 20.5. The molecule has 0 aliphatic rings. The molecule has 0 radical (unpaired) electrons. The van der Waals surface area contributed by atoms with Gasteiger partial charge < -0.3 is 25.2 Å². The monoisotopic (exact) mass is 729 g/mol. The van der Waals surface area contributed by atoms with Crippen LogP contribution in [0.1, 0.15) is 155 Å². The van der Waals surface area contributed by atoms with Crippen LogP contribution >= 0.6 is 7.82 Å². The zero-order valence-corrected chi connectivity index (χ0v) is 31.9. The van der Waals surface area contributed by atoms with Crippen LogP contribution in [0.15, 0.2) is 36.5 Å². The van der Waals surface area contributed by atoms with E-state index in [9.17, 15) is 23.8 Å². The number of carbonyl (C=O) groups excluding carboxylic acids is 2. The van der Waals surface area contributed by atoms with E-state index in [1.807, 2.05) is 0 Å². The Kier molecular flexibility index (Phi) is 32.3. The second kappa shape index (κ2) is 33.8. The molecule has 290 valence electrons. The number of ether oxygens (including phenoxy) is 2. The lowest BCUT2D eigenvalue weighted by atomic mass is 10.1. The third-order valence-corrected chi connectivity index (χ3v) is 8.85. The van der Waals surface area contributed by atoms with Crippen molar-refractivity contribution in [1.29, 1.82) is 0 Å². The van der Waals surface area contributed by atoms with Crippen LogP contribution in [0.2, 0.25) is 0 Å². The molecule has 0 saturated carbocycles. The zero-order valence-electron chi connectivity index (χ0n) is 31.0. The fourth-order valence-electron chi connectivity index (χ4n) is 4.90. The molecule has 0 saturated heterocycles. The summed E-state index contributed by atoms with van der Waals surface area (Å²) in [7, 11) is -4.71. The minimum Gasteiger partial charge on any atom is -0.480 e. The lowest BCUT2D eigenvalue weighted by Crippen LogP contribution is -2.34. The number of phosphoric acid groups is 1. The van der Waals surface area contributed by atoms with Gasteiger partial charge in [0.1, 0.15) is 12.6 Å². The lowest BCUT2D eigenvalue weighted by Gasteiger charge is -2.20. The Labute approximate surface area is 302 Å². The van der Waals surface area contributed by atoms with E-state index in [-0.39, 0.29) is 19.4 Å². The standard InChI is InChI=1S/C38H68NO10P/c1-3-5-7-9-11-13-15-16-17-18-20-21-23-25-27-29-36(40)46-31-34(32-47-50(44,45)48-33-35(39)38(42)43)49-37(41)30-28-26-24-22-19-14-12-10-8-6-4-2/h5,7,11,13,16-17,34-35H,3-4,6,8-10,12,14-15,18-33,39H2,1-2H3,(H,42,43)(H,44,45)/b7-5+,13-11+,17-16+/t34-,35+/m1/s1. The zero-order chi connectivity index (χ0) is 37.1. The van der Waals surface area contributed by atoms with Crippen LogP contribution in [0.4, 0.5) is 0 Å². The molecule has 0 bridgehead atoms. The largest absolute Gasteiger partial charge is 0.480 e. The number of phosphoric ester groups is 1. The van der Waals surface area contributed by atoms with Gasteiger partial charge in [-0.2, -0.15) is 0 Å². The maximum absolute atomic E-state index is 12.5. The van der Waals surface area contributed by atoms with E-state index >= 15 is 0 Å². The number of allylic oxidation sites excluding steroid dienone is 6. The first-order chi connectivity index (χ1) is 24.1. The number of unbranched alkanes of at least 4 members (excludes halogenated alkanes) is 15. The molecule has 0 fully saturated rings. The van der Waals surface area contributed by atoms with E-state index in [0.29, 0.717) is 12.8 Å². The molecule has 3 atom stereocenters. The highest BCUT2D eigenvalue weighted by Gasteiger charge is 2.28. The molecule has 50 heavy (non-hydrogen) atoms. The number of aliphatic carboxylic acids is 1. The molecule has 0 aliphatic heterocycles. The summed E-state index contributed by atoms with van der Waals surface area (Å²) in [5.74, 6) is -2.40. The summed E-state index contributed by atoms with van der Waals surface area (Å²) >= 11 is 0. The quantitative estimate of drug-likeness (QED) is 0.0246. The summed E-state index contributed by atoms with van der Waals surface area (Å²) in [5.41, 5.74) is 5.31. The average Bonchev–Trinajstić information content (AvgIpc) is 3.09. The highest BCUT2D eigenvalue weighted by atomic mass is 31.2. The average molecular weight is 730 g/mol. The Bertz CT molecular complexity index is 1000. The highest BCUT2D eigenvalue weighted by Crippen LogP contribution is 2.43. The number of carbonyl (C=O) groups is 3. The molecule has 0 heterocycles. The third-order valence-electron chi connectivity index (χ3n) is 7.90. The highest BCUT2D eigenvalue weighted by molar-refractivity contribution is 7.47. The third kappa shape index (κ3) is 32.9. The number of nitrogens with two attached hydrogens (primary N) is 1. The summed E-state index contributed by atoms with van der Waals surface area (Å²) in [5, 5.41) is 8.85. The van der Waals surface area contributed by atoms with Crippen molar-refractivity contribution in [3.63, 3.8) is 0 Å². The van der Waals surface area contributed by atoms with Crippen LogP contribution in [-0.4, -0.2) is 59.9 Å². The molecular formula is C38H68NO10P. The molecule has 1 unspecified atom stereocenters. The Morgan fingerprint density at radius 1 is 0.640 bits per heavy atom. The second-order valence-electron chi connectivity index (χ2n) is 12.7. The lowest BCUT2D eigenvalue weighted by molar-refractivity contribution is -0.161. The number of hydrogen-bond donors (Lipinski definition) is 3. The van der Waals surface area contributed by atoms with Gasteiger partial charge in [-0.3, -0.25) is 23.4 Å². The van der Waals surface area contributed by atoms with Gasteiger partial charge in [-0.15, -0.1) is 0 Å². The molecule has 0 aliphatic carbocycles. The van der Waals surface area contributed by atoms with Crippen LogP contribution in [0, 0.1) is 0 Å². The summed E-state index contributed by atoms with van der Waals surface area (Å²) in [4.78, 5) is 45.7. The smallest absolute Gasteiger partial charge is 0.472 e. The van der Waals surface area contributed by atoms with Gasteiger partial charge in [0, 0.05) is 12.8 Å². The molecule has 0 spiro atoms. The van der Waals surface area contributed by atoms with Crippen molar-refractivity contribution in [3.8, 4) is 0 Å². The minimum absolute atomic E-state index is 0.159. The summed E-state index contributed by atoms with van der Waals surface area (Å²) in [6.45, 7) is 2.64. The SMILES string of the molecule is CC/C=C/C/C=C/C/C=C/CCCCCCCC(=O)OC[C@H](COP(=O)(O)OC[C@H](N)C(=O)O)OC(=O)CCCCCCCCCCCCC. The molecule has 0 aromatic carbocycles. The van der Waals surface area contributed by atoms with Crippen molar-refractivity contribution in [2.75, 3.05) is 19.8 Å². The van der Waals surface area contributed by atoms with E-state index < -0.39 is 51.1 Å². The van der Waals surface area contributed by atoms with Crippen molar-refractivity contribution in [1.82, 2.24) is 0 Å². The Morgan fingerprint density at radius 2 is 1.12 bits per heavy atom. The van der Waals surface area contributed by atoms with Crippen LogP contribution in [0.25, 0.3) is 0 Å². The van der Waals surface area contributed by atoms with Gasteiger partial charge in [-0.1, -0.05) is 134 Å². The molecule has 12 heteroatoms. The molecule has 0 amide bonds. The number of carboxylic acids is 1. The van der Waals surface area contributed by atoms with Gasteiger partial charge in [-0.05, 0) is 44.9 Å². The number of carboxylic acid groups (broad SMARTS) is 1. The number of esters is 2. The molecule has 11 nitrogen and oxygen atoms in total. The number of hydrogen-bond acceptors (Lipinski definition) is 9. The Balaban J connectivity index is 4.45. The van der Waals surface area contributed by atoms with Gasteiger partial charge in [0.15, 0.2) is 6.10 Å². The number of rotatable bonds is 35. The van der Waals surface area contributed by atoms with E-state index in [1.54, 1.807) is 0 Å². The predicted octanol–water partition coefficient (Wildman–Crippen LogP) is 9.28. The van der Waals surface area contributed by atoms with Gasteiger partial charge in [0.05, 0.1) is 13.2 Å². The van der Waals surface area contributed by atoms with Crippen molar-refractivity contribution in [2.24, 2.45) is 5.73 Å². The van der Waals surface area contributed by atoms with Gasteiger partial charge in [-0.25, -0.2) is 4.57 Å². The topological polar surface area (TPSA) is 172 Å². The maximum atomic E-state index is 12.5. The summed E-state index contributed by atoms with van der Waals surface area (Å²) in [6.07, 6.45) is 33.6. The van der Waals surface area contributed by atoms with Crippen molar-refractivity contribution in [3.05, 3.63) is 36.5 Å². The van der Waals surface area contributed by atoms with Crippen LogP contribution < -0.4 is 5.73 Å². The summed E-state index contributed by atoms with van der Waals surface area (Å²) < 4.78 is 32.5. The van der Waals surface area contributed by atoms with E-state index in [2.05, 4.69) is 54.8 Å². The van der Waals surface area contributed by atoms with E-state index in [1.165, 1.54) is 44.9 Å². The maximum Gasteiger partial charge on any atom is 0.472 e. The van der Waals surface area contributed by atoms with Crippen LogP contribution in [-0.2, 0) is 37.5 Å². The first kappa shape index (κ1) is 47.7. The normalized spacial score (nSPS) is 14.3. The van der Waals surface area contributed by atoms with Crippen LogP contribution in [0.5, 0.6) is 0 Å². The van der Waals surface area contributed by atoms with E-state index in [0.717, 1.165) is 70.6 Å². The first-order valence-electron chi connectivity index (χ1n) is 19.0. The van der Waals surface area contributed by atoms with Gasteiger partial charge >= 0.3 is 25.7 Å².